The summed E-state index contributed by atoms with van der Waals surface area (Å²) in [7, 11) is -3.58. The average molecular weight is 501 g/mol. The minimum atomic E-state index is -3.58. The molecule has 1 saturated heterocycles. The first-order valence-electron chi connectivity index (χ1n) is 10.8. The number of nitrogens with zero attached hydrogens (tertiary/aromatic N) is 3. The molecule has 5 rings (SSSR count). The summed E-state index contributed by atoms with van der Waals surface area (Å²) in [5, 5.41) is 4.31. The molecule has 0 aliphatic carbocycles. The summed E-state index contributed by atoms with van der Waals surface area (Å²) in [5.41, 5.74) is 2.08. The highest BCUT2D eigenvalue weighted by atomic mass is 32.2. The van der Waals surface area contributed by atoms with Crippen LogP contribution < -0.4 is 5.32 Å². The number of hydrogen-bond acceptors (Lipinski definition) is 7. The number of amides is 1. The Labute approximate surface area is 200 Å². The minimum Gasteiger partial charge on any atom is -0.298 e. The number of thiazole rings is 2. The molecular weight excluding hydrogens is 476 g/mol. The molecule has 0 saturated carbocycles. The van der Waals surface area contributed by atoms with Crippen molar-refractivity contribution in [1.82, 2.24) is 14.3 Å². The number of fused-ring (bicyclic) bond motifs is 3. The van der Waals surface area contributed by atoms with Crippen molar-refractivity contribution in [1.29, 1.82) is 0 Å². The summed E-state index contributed by atoms with van der Waals surface area (Å²) < 4.78 is 29.7. The topological polar surface area (TPSA) is 92.3 Å². The van der Waals surface area contributed by atoms with Gasteiger partial charge in [-0.05, 0) is 61.6 Å². The third-order valence-electron chi connectivity index (χ3n) is 5.83. The van der Waals surface area contributed by atoms with Crippen LogP contribution in [-0.2, 0) is 10.0 Å². The maximum Gasteiger partial charge on any atom is 0.257 e. The molecule has 33 heavy (non-hydrogen) atoms. The van der Waals surface area contributed by atoms with Crippen LogP contribution in [-0.4, -0.2) is 41.7 Å². The lowest BCUT2D eigenvalue weighted by Gasteiger charge is -2.34. The summed E-state index contributed by atoms with van der Waals surface area (Å²) in [6, 6.07) is 10.0. The molecule has 7 nitrogen and oxygen atoms in total. The fourth-order valence-electron chi connectivity index (χ4n) is 4.44. The summed E-state index contributed by atoms with van der Waals surface area (Å²) in [4.78, 5) is 22.1. The Bertz CT molecular complexity index is 1450. The molecule has 3 heterocycles. The van der Waals surface area contributed by atoms with Gasteiger partial charge >= 0.3 is 0 Å². The third kappa shape index (κ3) is 4.28. The fourth-order valence-corrected chi connectivity index (χ4v) is 7.97. The molecule has 0 spiro atoms. The van der Waals surface area contributed by atoms with E-state index in [1.807, 2.05) is 19.1 Å². The average Bonchev–Trinajstić information content (AvgIpc) is 3.35. The number of anilines is 1. The van der Waals surface area contributed by atoms with E-state index in [2.05, 4.69) is 29.1 Å². The van der Waals surface area contributed by atoms with Gasteiger partial charge in [0.05, 0.1) is 24.8 Å². The molecule has 2 unspecified atom stereocenters. The lowest BCUT2D eigenvalue weighted by Crippen LogP contribution is -2.42. The summed E-state index contributed by atoms with van der Waals surface area (Å²) in [6.45, 7) is 7.18. The van der Waals surface area contributed by atoms with Crippen molar-refractivity contribution in [3.63, 3.8) is 0 Å². The van der Waals surface area contributed by atoms with Gasteiger partial charge in [-0.1, -0.05) is 25.2 Å². The number of aromatic nitrogens is 2. The summed E-state index contributed by atoms with van der Waals surface area (Å²) in [6.07, 6.45) is 1.03. The lowest BCUT2D eigenvalue weighted by molar-refractivity contribution is 0.102. The summed E-state index contributed by atoms with van der Waals surface area (Å²) >= 11 is 3.02. The van der Waals surface area contributed by atoms with E-state index in [1.165, 1.54) is 23.5 Å². The van der Waals surface area contributed by atoms with Gasteiger partial charge in [-0.2, -0.15) is 4.31 Å². The Hall–Kier alpha value is -2.40. The normalized spacial score (nSPS) is 19.8. The number of hydrogen-bond donors (Lipinski definition) is 1. The predicted molar refractivity (Wildman–Crippen MR) is 134 cm³/mol. The molecule has 1 N–H and O–H groups in total. The van der Waals surface area contributed by atoms with Crippen LogP contribution in [0.2, 0.25) is 0 Å². The number of sulfonamides is 1. The van der Waals surface area contributed by atoms with Gasteiger partial charge in [-0.15, -0.1) is 11.3 Å². The zero-order chi connectivity index (χ0) is 23.3. The van der Waals surface area contributed by atoms with Crippen LogP contribution in [0.4, 0.5) is 5.13 Å². The molecule has 0 bridgehead atoms. The number of aryl methyl sites for hydroxylation is 1. The Balaban J connectivity index is 1.35. The largest absolute Gasteiger partial charge is 0.298 e. The maximum absolute atomic E-state index is 13.1. The second-order valence-corrected chi connectivity index (χ2v) is 12.9. The van der Waals surface area contributed by atoms with Crippen molar-refractivity contribution in [2.24, 2.45) is 11.8 Å². The summed E-state index contributed by atoms with van der Waals surface area (Å²) in [5.74, 6) is 0.331. The first-order valence-corrected chi connectivity index (χ1v) is 13.9. The van der Waals surface area contributed by atoms with Crippen molar-refractivity contribution in [2.75, 3.05) is 18.4 Å². The fraction of sp³-hybridized carbons (Fsp3) is 0.348. The van der Waals surface area contributed by atoms with Crippen LogP contribution in [0.25, 0.3) is 20.4 Å². The Kier molecular flexibility index (Phi) is 5.72. The molecule has 1 aliphatic rings. The third-order valence-corrected chi connectivity index (χ3v) is 9.61. The van der Waals surface area contributed by atoms with E-state index in [0.29, 0.717) is 35.6 Å². The zero-order valence-corrected chi connectivity index (χ0v) is 21.0. The molecule has 2 aromatic carbocycles. The van der Waals surface area contributed by atoms with Crippen LogP contribution in [0.15, 0.2) is 41.3 Å². The number of rotatable bonds is 4. The van der Waals surface area contributed by atoms with Gasteiger partial charge in [-0.25, -0.2) is 18.4 Å². The molecule has 4 aromatic rings. The number of piperidine rings is 1. The first-order chi connectivity index (χ1) is 15.7. The molecule has 2 aromatic heterocycles. The van der Waals surface area contributed by atoms with Gasteiger partial charge in [0.1, 0.15) is 5.52 Å². The standard InChI is InChI=1S/C23H24N4O3S3/c1-13-10-14(2)12-27(11-13)33(29,30)17-6-4-16(5-7-17)22(28)26-23-25-18-8-9-19-20(21(18)32-23)24-15(3)31-19/h4-9,13-14H,10-12H2,1-3H3,(H,25,26,28). The molecule has 1 amide bonds. The van der Waals surface area contributed by atoms with E-state index >= 15 is 0 Å². The van der Waals surface area contributed by atoms with Gasteiger partial charge in [-0.3, -0.25) is 10.1 Å². The van der Waals surface area contributed by atoms with E-state index in [4.69, 9.17) is 0 Å². The van der Waals surface area contributed by atoms with Crippen molar-refractivity contribution >= 4 is 64.2 Å². The van der Waals surface area contributed by atoms with Gasteiger partial charge in [0.2, 0.25) is 10.0 Å². The molecule has 2 atom stereocenters. The number of carbonyl (C=O) groups excluding carboxylic acids is 1. The molecule has 172 valence electrons. The first kappa shape index (κ1) is 22.4. The van der Waals surface area contributed by atoms with Crippen LogP contribution in [0.3, 0.4) is 0 Å². The minimum absolute atomic E-state index is 0.210. The van der Waals surface area contributed by atoms with Crippen molar-refractivity contribution in [3.05, 3.63) is 47.0 Å². The SMILES string of the molecule is Cc1nc2c(ccc3nc(NC(=O)c4ccc(S(=O)(=O)N5CC(C)CC(C)C5)cc4)sc32)s1. The maximum atomic E-state index is 13.1. The number of benzene rings is 2. The van der Waals surface area contributed by atoms with Gasteiger partial charge in [0.15, 0.2) is 5.13 Å². The monoisotopic (exact) mass is 500 g/mol. The Morgan fingerprint density at radius 1 is 1.03 bits per heavy atom. The van der Waals surface area contributed by atoms with E-state index in [9.17, 15) is 13.2 Å². The number of nitrogens with one attached hydrogen (secondary N) is 1. The smallest absolute Gasteiger partial charge is 0.257 e. The van der Waals surface area contributed by atoms with Gasteiger partial charge in [0, 0.05) is 18.7 Å². The van der Waals surface area contributed by atoms with E-state index < -0.39 is 10.0 Å². The number of carbonyl (C=O) groups is 1. The Morgan fingerprint density at radius 3 is 2.42 bits per heavy atom. The predicted octanol–water partition coefficient (Wildman–Crippen LogP) is 5.13. The highest BCUT2D eigenvalue weighted by Crippen LogP contribution is 2.35. The molecule has 0 radical (unpaired) electrons. The second-order valence-electron chi connectivity index (χ2n) is 8.76. The van der Waals surface area contributed by atoms with Crippen LogP contribution in [0.1, 0.15) is 35.6 Å². The lowest BCUT2D eigenvalue weighted by atomic mass is 9.94. The zero-order valence-electron chi connectivity index (χ0n) is 18.5. The van der Waals surface area contributed by atoms with Gasteiger partial charge < -0.3 is 0 Å². The van der Waals surface area contributed by atoms with E-state index in [-0.39, 0.29) is 10.8 Å². The van der Waals surface area contributed by atoms with Crippen molar-refractivity contribution in [3.8, 4) is 0 Å². The van der Waals surface area contributed by atoms with Crippen molar-refractivity contribution < 1.29 is 13.2 Å². The Morgan fingerprint density at radius 2 is 1.73 bits per heavy atom. The highest BCUT2D eigenvalue weighted by molar-refractivity contribution is 7.89. The van der Waals surface area contributed by atoms with Crippen LogP contribution in [0, 0.1) is 18.8 Å². The van der Waals surface area contributed by atoms with Crippen LogP contribution in [0.5, 0.6) is 0 Å². The molecule has 10 heteroatoms. The second kappa shape index (κ2) is 8.43. The van der Waals surface area contributed by atoms with Crippen LogP contribution >= 0.6 is 22.7 Å². The van der Waals surface area contributed by atoms with Gasteiger partial charge in [0.25, 0.3) is 5.91 Å². The quantitative estimate of drug-likeness (QED) is 0.419. The molecule has 1 aliphatic heterocycles. The highest BCUT2D eigenvalue weighted by Gasteiger charge is 2.31. The molecule has 1 fully saturated rings. The molecular formula is C23H24N4O3S3. The van der Waals surface area contributed by atoms with Crippen molar-refractivity contribution in [2.45, 2.75) is 32.1 Å². The van der Waals surface area contributed by atoms with E-state index in [0.717, 1.165) is 31.9 Å². The van der Waals surface area contributed by atoms with E-state index in [1.54, 1.807) is 27.8 Å².